The van der Waals surface area contributed by atoms with E-state index in [1.165, 1.54) is 26.4 Å². The minimum atomic E-state index is 0.977. The summed E-state index contributed by atoms with van der Waals surface area (Å²) in [7, 11) is 0. The van der Waals surface area contributed by atoms with E-state index in [1.54, 1.807) is 0 Å². The van der Waals surface area contributed by atoms with E-state index < -0.39 is 0 Å². The van der Waals surface area contributed by atoms with Crippen molar-refractivity contribution < 1.29 is 0 Å². The van der Waals surface area contributed by atoms with Gasteiger partial charge in [-0.05, 0) is 52.2 Å². The van der Waals surface area contributed by atoms with Crippen molar-refractivity contribution in [2.45, 2.75) is 6.42 Å². The summed E-state index contributed by atoms with van der Waals surface area (Å²) in [5.41, 5.74) is 2.66. The van der Waals surface area contributed by atoms with E-state index in [0.717, 1.165) is 15.4 Å². The lowest BCUT2D eigenvalue weighted by atomic mass is 9.93. The average molecular weight is 403 g/mol. The highest BCUT2D eigenvalue weighted by atomic mass is 79.9. The molecule has 0 unspecified atom stereocenters. The molecule has 3 rings (SSSR count). The number of benzene rings is 2. The van der Waals surface area contributed by atoms with Crippen LogP contribution in [0.25, 0.3) is 16.8 Å². The Bertz CT molecular complexity index is 621. The van der Waals surface area contributed by atoms with Crippen molar-refractivity contribution >= 4 is 64.6 Å². The molecule has 16 heavy (non-hydrogen) atoms. The molecule has 1 aliphatic rings. The molecule has 2 aromatic rings. The number of allylic oxidation sites excluding steroid dienone is 1. The molecule has 0 spiro atoms. The van der Waals surface area contributed by atoms with Crippen LogP contribution in [0.4, 0.5) is 0 Å². The Balaban J connectivity index is 2.49. The molecule has 0 aromatic heterocycles. The standard InChI is InChI=1S/C13H7Br3/c14-10-1-7-2-11(15)5-9-6-12(16)4-8(3-10)13(7)9/h1-5H,6H2. The number of hydrogen-bond donors (Lipinski definition) is 0. The molecule has 0 heterocycles. The van der Waals surface area contributed by atoms with E-state index in [1.807, 2.05) is 0 Å². The highest BCUT2D eigenvalue weighted by Crippen LogP contribution is 2.37. The van der Waals surface area contributed by atoms with Crippen molar-refractivity contribution in [3.63, 3.8) is 0 Å². The summed E-state index contributed by atoms with van der Waals surface area (Å²) in [5.74, 6) is 0. The maximum atomic E-state index is 3.60. The van der Waals surface area contributed by atoms with Gasteiger partial charge in [0.15, 0.2) is 0 Å². The van der Waals surface area contributed by atoms with Crippen molar-refractivity contribution in [2.75, 3.05) is 0 Å². The van der Waals surface area contributed by atoms with E-state index in [0.29, 0.717) is 0 Å². The largest absolute Gasteiger partial charge is 0.0553 e. The Hall–Kier alpha value is -0.120. The van der Waals surface area contributed by atoms with Gasteiger partial charge in [0.25, 0.3) is 0 Å². The molecule has 2 aromatic carbocycles. The molecule has 0 bridgehead atoms. The zero-order valence-corrected chi connectivity index (χ0v) is 13.0. The average Bonchev–Trinajstić information content (AvgIpc) is 2.14. The summed E-state index contributed by atoms with van der Waals surface area (Å²) in [6.07, 6.45) is 3.18. The highest BCUT2D eigenvalue weighted by Gasteiger charge is 2.13. The maximum absolute atomic E-state index is 3.60. The molecule has 0 amide bonds. The Morgan fingerprint density at radius 3 is 2.31 bits per heavy atom. The quantitative estimate of drug-likeness (QED) is 0.533. The smallest absolute Gasteiger partial charge is 0.0187 e. The third-order valence-electron chi connectivity index (χ3n) is 2.76. The van der Waals surface area contributed by atoms with Crippen LogP contribution in [-0.2, 0) is 6.42 Å². The molecule has 0 saturated heterocycles. The fourth-order valence-corrected chi connectivity index (χ4v) is 3.78. The minimum absolute atomic E-state index is 0.977. The molecule has 0 fully saturated rings. The first kappa shape index (κ1) is 11.0. The van der Waals surface area contributed by atoms with Crippen LogP contribution in [0, 0.1) is 0 Å². The molecule has 0 radical (unpaired) electrons. The van der Waals surface area contributed by atoms with Crippen molar-refractivity contribution in [2.24, 2.45) is 0 Å². The van der Waals surface area contributed by atoms with Crippen LogP contribution in [0.3, 0.4) is 0 Å². The van der Waals surface area contributed by atoms with Gasteiger partial charge >= 0.3 is 0 Å². The molecule has 0 N–H and O–H groups in total. The van der Waals surface area contributed by atoms with Gasteiger partial charge in [-0.1, -0.05) is 47.8 Å². The SMILES string of the molecule is BrC1=Cc2cc(Br)cc3cc(Br)cc(c23)C1. The second-order valence-electron chi connectivity index (χ2n) is 3.93. The molecular formula is C13H7Br3. The first-order valence-electron chi connectivity index (χ1n) is 4.91. The van der Waals surface area contributed by atoms with Crippen molar-refractivity contribution in [1.82, 2.24) is 0 Å². The fraction of sp³-hybridized carbons (Fsp3) is 0.0769. The highest BCUT2D eigenvalue weighted by molar-refractivity contribution is 9.12. The van der Waals surface area contributed by atoms with E-state index in [-0.39, 0.29) is 0 Å². The van der Waals surface area contributed by atoms with Gasteiger partial charge in [-0.2, -0.15) is 0 Å². The van der Waals surface area contributed by atoms with E-state index in [4.69, 9.17) is 0 Å². The van der Waals surface area contributed by atoms with Crippen LogP contribution >= 0.6 is 47.8 Å². The van der Waals surface area contributed by atoms with Crippen molar-refractivity contribution in [1.29, 1.82) is 0 Å². The normalized spacial score (nSPS) is 14.1. The molecule has 0 saturated carbocycles. The Labute approximate surface area is 119 Å². The van der Waals surface area contributed by atoms with Gasteiger partial charge in [0.05, 0.1) is 0 Å². The zero-order valence-electron chi connectivity index (χ0n) is 8.23. The van der Waals surface area contributed by atoms with Crippen LogP contribution < -0.4 is 0 Å². The van der Waals surface area contributed by atoms with Crippen molar-refractivity contribution in [3.05, 3.63) is 48.8 Å². The lowest BCUT2D eigenvalue weighted by molar-refractivity contribution is 1.27. The predicted molar refractivity (Wildman–Crippen MR) is 80.0 cm³/mol. The van der Waals surface area contributed by atoms with Gasteiger partial charge in [-0.3, -0.25) is 0 Å². The second kappa shape index (κ2) is 3.97. The molecule has 1 aliphatic carbocycles. The monoisotopic (exact) mass is 400 g/mol. The summed E-state index contributed by atoms with van der Waals surface area (Å²) in [6, 6.07) is 8.70. The van der Waals surface area contributed by atoms with Gasteiger partial charge in [0.2, 0.25) is 0 Å². The molecule has 0 atom stereocenters. The molecule has 3 heteroatoms. The minimum Gasteiger partial charge on any atom is -0.0553 e. The Kier molecular flexibility index (Phi) is 2.73. The third kappa shape index (κ3) is 1.79. The van der Waals surface area contributed by atoms with Crippen LogP contribution in [0.15, 0.2) is 37.7 Å². The van der Waals surface area contributed by atoms with Gasteiger partial charge in [0, 0.05) is 19.8 Å². The number of hydrogen-bond acceptors (Lipinski definition) is 0. The second-order valence-corrected chi connectivity index (χ2v) is 6.78. The topological polar surface area (TPSA) is 0 Å². The van der Waals surface area contributed by atoms with E-state index in [9.17, 15) is 0 Å². The Morgan fingerprint density at radius 1 is 0.875 bits per heavy atom. The van der Waals surface area contributed by atoms with Crippen LogP contribution in [-0.4, -0.2) is 0 Å². The first-order valence-corrected chi connectivity index (χ1v) is 7.29. The van der Waals surface area contributed by atoms with Gasteiger partial charge < -0.3 is 0 Å². The number of halogens is 3. The van der Waals surface area contributed by atoms with Gasteiger partial charge in [-0.15, -0.1) is 0 Å². The first-order chi connectivity index (χ1) is 7.63. The van der Waals surface area contributed by atoms with Crippen LogP contribution in [0.1, 0.15) is 11.1 Å². The third-order valence-corrected chi connectivity index (χ3v) is 4.19. The predicted octanol–water partition coefficient (Wildman–Crippen LogP) is 5.66. The molecule has 0 aliphatic heterocycles. The summed E-state index contributed by atoms with van der Waals surface area (Å²) >= 11 is 10.7. The van der Waals surface area contributed by atoms with Crippen LogP contribution in [0.2, 0.25) is 0 Å². The van der Waals surface area contributed by atoms with Crippen LogP contribution in [0.5, 0.6) is 0 Å². The lowest BCUT2D eigenvalue weighted by Gasteiger charge is -2.16. The fourth-order valence-electron chi connectivity index (χ4n) is 2.22. The van der Waals surface area contributed by atoms with Gasteiger partial charge in [-0.25, -0.2) is 0 Å². The van der Waals surface area contributed by atoms with E-state index >= 15 is 0 Å². The van der Waals surface area contributed by atoms with E-state index in [2.05, 4.69) is 78.1 Å². The summed E-state index contributed by atoms with van der Waals surface area (Å²) in [5, 5.41) is 2.65. The Morgan fingerprint density at radius 2 is 1.56 bits per heavy atom. The molecular weight excluding hydrogens is 396 g/mol. The molecule has 0 nitrogen and oxygen atoms in total. The lowest BCUT2D eigenvalue weighted by Crippen LogP contribution is -1.96. The summed E-state index contributed by atoms with van der Waals surface area (Å²) in [4.78, 5) is 0. The van der Waals surface area contributed by atoms with Crippen molar-refractivity contribution in [3.8, 4) is 0 Å². The summed E-state index contributed by atoms with van der Waals surface area (Å²) in [6.45, 7) is 0. The zero-order chi connectivity index (χ0) is 11.3. The van der Waals surface area contributed by atoms with Gasteiger partial charge in [0.1, 0.15) is 0 Å². The summed E-state index contributed by atoms with van der Waals surface area (Å²) < 4.78 is 3.50. The maximum Gasteiger partial charge on any atom is 0.0187 e. The molecule has 80 valence electrons. The number of rotatable bonds is 0.